The Morgan fingerprint density at radius 3 is 1.23 bits per heavy atom. The molecule has 0 atom stereocenters. The van der Waals surface area contributed by atoms with Gasteiger partial charge in [0.05, 0.1) is 0 Å². The molecule has 0 fully saturated rings. The van der Waals surface area contributed by atoms with E-state index in [0.717, 1.165) is 12.8 Å². The SMILES string of the molecule is Cc1[cH-]c2cccc(C(C)(C)c3cccc4[cH-]c(C)c(-c5cccc6ccccc56)c34)c2c1-c1cccc2ccccc12.[CH2-]CCC.[CH2-]CCC.[Ti+4]. The van der Waals surface area contributed by atoms with Gasteiger partial charge in [0.1, 0.15) is 0 Å². The van der Waals surface area contributed by atoms with Crippen LogP contribution in [0.5, 0.6) is 0 Å². The second kappa shape index (κ2) is 17.1. The predicted molar refractivity (Wildman–Crippen MR) is 227 cm³/mol. The van der Waals surface area contributed by atoms with Crippen molar-refractivity contribution in [2.24, 2.45) is 0 Å². The summed E-state index contributed by atoms with van der Waals surface area (Å²) in [5.74, 6) is 0. The molecule has 52 heavy (non-hydrogen) atoms. The molecule has 0 spiro atoms. The molecule has 0 bridgehead atoms. The Balaban J connectivity index is 0.000000530. The van der Waals surface area contributed by atoms with Gasteiger partial charge in [0.15, 0.2) is 0 Å². The minimum atomic E-state index is -0.251. The first-order valence-electron chi connectivity index (χ1n) is 18.7. The van der Waals surface area contributed by atoms with Crippen LogP contribution in [0.25, 0.3) is 65.3 Å². The van der Waals surface area contributed by atoms with Gasteiger partial charge >= 0.3 is 21.7 Å². The van der Waals surface area contributed by atoms with Gasteiger partial charge in [0.2, 0.25) is 0 Å². The molecule has 0 aliphatic carbocycles. The van der Waals surface area contributed by atoms with Gasteiger partial charge in [0.25, 0.3) is 0 Å². The van der Waals surface area contributed by atoms with Crippen LogP contribution in [-0.4, -0.2) is 0 Å². The summed E-state index contributed by atoms with van der Waals surface area (Å²) in [6, 6.07) is 49.5. The molecule has 0 saturated carbocycles. The van der Waals surface area contributed by atoms with E-state index in [9.17, 15) is 0 Å². The molecule has 260 valence electrons. The molecule has 1 heteroatoms. The number of benzene rings is 6. The summed E-state index contributed by atoms with van der Waals surface area (Å²) >= 11 is 0. The molecule has 0 aliphatic heterocycles. The number of hydrogen-bond donors (Lipinski definition) is 0. The van der Waals surface area contributed by atoms with Crippen molar-refractivity contribution in [3.8, 4) is 22.3 Å². The molecule has 0 N–H and O–H groups in total. The van der Waals surface area contributed by atoms with E-state index >= 15 is 0 Å². The fourth-order valence-corrected chi connectivity index (χ4v) is 7.71. The van der Waals surface area contributed by atoms with Gasteiger partial charge < -0.3 is 13.8 Å². The maximum Gasteiger partial charge on any atom is 4.00 e. The van der Waals surface area contributed by atoms with Crippen molar-refractivity contribution in [1.82, 2.24) is 0 Å². The van der Waals surface area contributed by atoms with Crippen LogP contribution in [0.15, 0.2) is 133 Å². The molecule has 0 saturated heterocycles. The second-order valence-electron chi connectivity index (χ2n) is 14.3. The molecule has 0 heterocycles. The van der Waals surface area contributed by atoms with Crippen molar-refractivity contribution in [2.45, 2.75) is 72.6 Å². The number of hydrogen-bond acceptors (Lipinski definition) is 0. The quantitative estimate of drug-likeness (QED) is 0.119. The van der Waals surface area contributed by atoms with Gasteiger partial charge in [-0.3, -0.25) is 0 Å². The first kappa shape index (κ1) is 39.0. The van der Waals surface area contributed by atoms with Crippen molar-refractivity contribution in [2.75, 3.05) is 0 Å². The van der Waals surface area contributed by atoms with Crippen LogP contribution >= 0.6 is 0 Å². The Morgan fingerprint density at radius 2 is 0.846 bits per heavy atom. The first-order valence-corrected chi connectivity index (χ1v) is 18.7. The minimum absolute atomic E-state index is 0. The standard InChI is InChI=1S/C43H34.2C4H9.Ti/c1-27-25-31-17-11-23-37(41(31)39(27)35-21-9-15-29-13-5-7-19-33(29)35)43(3,4)38-24-12-18-32-26-28(2)40(42(32)38)36-22-10-16-30-14-6-8-20-34(30)36;2*1-3-4-2;/h5-26H,1-4H3;2*1,3-4H2,2H3;/q-2;2*-1;+4. The van der Waals surface area contributed by atoms with Crippen molar-refractivity contribution in [1.29, 1.82) is 0 Å². The zero-order chi connectivity index (χ0) is 36.1. The van der Waals surface area contributed by atoms with Crippen LogP contribution in [0.1, 0.15) is 75.6 Å². The Kier molecular flexibility index (Phi) is 12.8. The molecule has 8 rings (SSSR count). The maximum absolute atomic E-state index is 3.60. The van der Waals surface area contributed by atoms with Gasteiger partial charge in [0, 0.05) is 0 Å². The molecule has 0 aromatic heterocycles. The summed E-state index contributed by atoms with van der Waals surface area (Å²) < 4.78 is 0. The second-order valence-corrected chi connectivity index (χ2v) is 14.3. The molecule has 8 aromatic carbocycles. The normalized spacial score (nSPS) is 11.2. The van der Waals surface area contributed by atoms with E-state index in [-0.39, 0.29) is 27.1 Å². The summed E-state index contributed by atoms with van der Waals surface area (Å²) in [5.41, 5.74) is 10.5. The molecule has 0 radical (unpaired) electrons. The molecule has 0 aliphatic rings. The van der Waals surface area contributed by atoms with Crippen LogP contribution < -0.4 is 0 Å². The predicted octanol–water partition coefficient (Wildman–Crippen LogP) is 15.3. The fraction of sp³-hybridized carbons (Fsp3) is 0.216. The third-order valence-corrected chi connectivity index (χ3v) is 10.4. The maximum atomic E-state index is 3.60. The first-order chi connectivity index (χ1) is 24.8. The monoisotopic (exact) mass is 712 g/mol. The van der Waals surface area contributed by atoms with Gasteiger partial charge in [-0.05, 0) is 27.0 Å². The summed E-state index contributed by atoms with van der Waals surface area (Å²) in [6.45, 7) is 20.8. The number of fused-ring (bicyclic) bond motifs is 4. The largest absolute Gasteiger partial charge is 4.00 e. The molecule has 0 nitrogen and oxygen atoms in total. The van der Waals surface area contributed by atoms with Gasteiger partial charge in [-0.15, -0.1) is 80.2 Å². The Morgan fingerprint density at radius 1 is 0.500 bits per heavy atom. The van der Waals surface area contributed by atoms with E-state index in [1.54, 1.807) is 0 Å². The molecule has 0 amide bonds. The topological polar surface area (TPSA) is 0 Å². The summed E-state index contributed by atoms with van der Waals surface area (Å²) in [4.78, 5) is 0. The van der Waals surface area contributed by atoms with Crippen LogP contribution in [-0.2, 0) is 27.1 Å². The summed E-state index contributed by atoms with van der Waals surface area (Å²) in [6.07, 6.45) is 4.56. The Hall–Kier alpha value is -4.23. The average Bonchev–Trinajstić information content (AvgIpc) is 3.69. The van der Waals surface area contributed by atoms with E-state index in [1.165, 1.54) is 100 Å². The molecule has 8 aromatic rings. The number of unbranched alkanes of at least 4 members (excludes halogenated alkanes) is 2. The van der Waals surface area contributed by atoms with Gasteiger partial charge in [-0.1, -0.05) is 174 Å². The summed E-state index contributed by atoms with van der Waals surface area (Å²) in [5, 5.41) is 10.5. The van der Waals surface area contributed by atoms with Crippen LogP contribution in [0.2, 0.25) is 0 Å². The zero-order valence-corrected chi connectivity index (χ0v) is 33.5. The number of rotatable bonds is 6. The van der Waals surface area contributed by atoms with E-state index in [1.807, 2.05) is 0 Å². The third kappa shape index (κ3) is 7.35. The van der Waals surface area contributed by atoms with Crippen molar-refractivity contribution < 1.29 is 21.7 Å². The van der Waals surface area contributed by atoms with E-state index in [4.69, 9.17) is 0 Å². The van der Waals surface area contributed by atoms with Gasteiger partial charge in [-0.25, -0.2) is 0 Å². The fourth-order valence-electron chi connectivity index (χ4n) is 7.71. The zero-order valence-electron chi connectivity index (χ0n) is 31.9. The van der Waals surface area contributed by atoms with E-state index < -0.39 is 0 Å². The van der Waals surface area contributed by atoms with Crippen molar-refractivity contribution >= 4 is 43.1 Å². The van der Waals surface area contributed by atoms with Gasteiger partial charge in [-0.2, -0.15) is 12.8 Å². The van der Waals surface area contributed by atoms with E-state index in [2.05, 4.69) is 189 Å². The third-order valence-electron chi connectivity index (χ3n) is 10.4. The van der Waals surface area contributed by atoms with Crippen molar-refractivity contribution in [3.05, 3.63) is 170 Å². The van der Waals surface area contributed by atoms with Crippen LogP contribution in [0, 0.1) is 27.7 Å². The van der Waals surface area contributed by atoms with Crippen LogP contribution in [0.3, 0.4) is 0 Å². The molecular weight excluding hydrogens is 660 g/mol. The average molecular weight is 713 g/mol. The number of aryl methyl sites for hydroxylation is 2. The molecular formula is C51H52Ti. The Labute approximate surface area is 327 Å². The smallest absolute Gasteiger partial charge is 0.343 e. The molecule has 0 unspecified atom stereocenters. The summed E-state index contributed by atoms with van der Waals surface area (Å²) in [7, 11) is 0. The minimum Gasteiger partial charge on any atom is -0.343 e. The van der Waals surface area contributed by atoms with Crippen molar-refractivity contribution in [3.63, 3.8) is 0 Å². The van der Waals surface area contributed by atoms with E-state index in [0.29, 0.717) is 0 Å². The Bertz CT molecular complexity index is 2230. The van der Waals surface area contributed by atoms with Crippen LogP contribution in [0.4, 0.5) is 0 Å².